The maximum Gasteiger partial charge on any atom is 0.317 e. The largest absolute Gasteiger partial charge is 0.492 e. The van der Waals surface area contributed by atoms with Crippen molar-refractivity contribution in [1.82, 2.24) is 15.1 Å². The summed E-state index contributed by atoms with van der Waals surface area (Å²) in [5.74, 6) is 0.916. The monoisotopic (exact) mass is 320 g/mol. The number of nitrogens with zero attached hydrogens (tertiary/aromatic N) is 3. The lowest BCUT2D eigenvalue weighted by atomic mass is 10.2. The minimum absolute atomic E-state index is 0.0320. The van der Waals surface area contributed by atoms with Gasteiger partial charge in [-0.2, -0.15) is 0 Å². The van der Waals surface area contributed by atoms with Gasteiger partial charge in [0.25, 0.3) is 0 Å². The lowest BCUT2D eigenvalue weighted by molar-refractivity contribution is 0.193. The van der Waals surface area contributed by atoms with Gasteiger partial charge in [0, 0.05) is 39.3 Å². The van der Waals surface area contributed by atoms with E-state index in [1.165, 1.54) is 0 Å². The number of piperazine rings is 1. The summed E-state index contributed by atoms with van der Waals surface area (Å²) in [4.78, 5) is 18.4. The predicted octanol–water partition coefficient (Wildman–Crippen LogP) is 1.48. The van der Waals surface area contributed by atoms with Crippen LogP contribution in [0.1, 0.15) is 6.92 Å². The number of para-hydroxylation sites is 2. The van der Waals surface area contributed by atoms with Gasteiger partial charge in [0.15, 0.2) is 0 Å². The van der Waals surface area contributed by atoms with Gasteiger partial charge < -0.3 is 24.8 Å². The summed E-state index contributed by atoms with van der Waals surface area (Å²) in [7, 11) is 4.00. The Bertz CT molecular complexity index is 499. The van der Waals surface area contributed by atoms with Crippen molar-refractivity contribution in [3.8, 4) is 5.75 Å². The molecule has 2 amide bonds. The van der Waals surface area contributed by atoms with Crippen molar-refractivity contribution in [2.75, 3.05) is 64.9 Å². The van der Waals surface area contributed by atoms with Gasteiger partial charge in [0.2, 0.25) is 0 Å². The number of hydrogen-bond acceptors (Lipinski definition) is 4. The molecule has 0 atom stereocenters. The molecule has 1 N–H and O–H groups in total. The van der Waals surface area contributed by atoms with Crippen LogP contribution in [-0.4, -0.2) is 75.8 Å². The summed E-state index contributed by atoms with van der Waals surface area (Å²) in [5.41, 5.74) is 1.11. The van der Waals surface area contributed by atoms with Crippen molar-refractivity contribution in [1.29, 1.82) is 0 Å². The van der Waals surface area contributed by atoms with E-state index in [1.807, 2.05) is 44.1 Å². The molecule has 0 bridgehead atoms. The minimum Gasteiger partial charge on any atom is -0.492 e. The Morgan fingerprint density at radius 2 is 1.91 bits per heavy atom. The van der Waals surface area contributed by atoms with Crippen molar-refractivity contribution < 1.29 is 9.53 Å². The zero-order chi connectivity index (χ0) is 16.7. The number of benzene rings is 1. The van der Waals surface area contributed by atoms with Crippen LogP contribution < -0.4 is 15.0 Å². The van der Waals surface area contributed by atoms with E-state index < -0.39 is 0 Å². The number of hydrogen-bond donors (Lipinski definition) is 1. The molecule has 0 aromatic heterocycles. The lowest BCUT2D eigenvalue weighted by Gasteiger charge is -2.36. The third-order valence-electron chi connectivity index (χ3n) is 3.91. The van der Waals surface area contributed by atoms with Crippen LogP contribution in [0.3, 0.4) is 0 Å². The number of nitrogens with one attached hydrogen (secondary N) is 1. The van der Waals surface area contributed by atoms with Gasteiger partial charge in [0.05, 0.1) is 12.3 Å². The van der Waals surface area contributed by atoms with Gasteiger partial charge in [-0.25, -0.2) is 4.79 Å². The molecule has 1 saturated heterocycles. The lowest BCUT2D eigenvalue weighted by Crippen LogP contribution is -2.52. The first-order valence-corrected chi connectivity index (χ1v) is 8.26. The normalized spacial score (nSPS) is 15.0. The van der Waals surface area contributed by atoms with Gasteiger partial charge in [-0.15, -0.1) is 0 Å². The van der Waals surface area contributed by atoms with Crippen LogP contribution in [0.25, 0.3) is 0 Å². The second kappa shape index (κ2) is 8.62. The number of ether oxygens (including phenoxy) is 1. The smallest absolute Gasteiger partial charge is 0.317 e. The molecule has 128 valence electrons. The van der Waals surface area contributed by atoms with Gasteiger partial charge >= 0.3 is 6.03 Å². The molecule has 0 aliphatic carbocycles. The maximum atomic E-state index is 12.1. The number of urea groups is 1. The van der Waals surface area contributed by atoms with Gasteiger partial charge in [-0.1, -0.05) is 12.1 Å². The first-order chi connectivity index (χ1) is 11.1. The summed E-state index contributed by atoms with van der Waals surface area (Å²) >= 11 is 0. The molecular weight excluding hydrogens is 292 g/mol. The first-order valence-electron chi connectivity index (χ1n) is 8.26. The molecule has 1 heterocycles. The molecule has 1 aliphatic rings. The summed E-state index contributed by atoms with van der Waals surface area (Å²) in [5, 5.41) is 2.97. The fourth-order valence-electron chi connectivity index (χ4n) is 2.64. The predicted molar refractivity (Wildman–Crippen MR) is 93.3 cm³/mol. The Hall–Kier alpha value is -1.95. The van der Waals surface area contributed by atoms with Crippen molar-refractivity contribution in [2.45, 2.75) is 6.92 Å². The number of carbonyl (C=O) groups is 1. The zero-order valence-corrected chi connectivity index (χ0v) is 14.4. The summed E-state index contributed by atoms with van der Waals surface area (Å²) in [6, 6.07) is 8.13. The number of amides is 2. The molecule has 1 fully saturated rings. The van der Waals surface area contributed by atoms with Crippen molar-refractivity contribution >= 4 is 11.7 Å². The highest BCUT2D eigenvalue weighted by atomic mass is 16.5. The molecule has 6 nitrogen and oxygen atoms in total. The first kappa shape index (κ1) is 17.4. The van der Waals surface area contributed by atoms with Crippen LogP contribution in [0.5, 0.6) is 5.75 Å². The summed E-state index contributed by atoms with van der Waals surface area (Å²) < 4.78 is 5.70. The standard InChI is InChI=1S/C17H28N4O2/c1-4-23-16-8-6-5-7-15(16)20-11-13-21(14-12-20)17(22)18-9-10-19(2)3/h5-8H,4,9-14H2,1-3H3,(H,18,22). The van der Waals surface area contributed by atoms with Crippen LogP contribution in [0.15, 0.2) is 24.3 Å². The number of carbonyl (C=O) groups excluding carboxylic acids is 1. The van der Waals surface area contributed by atoms with E-state index in [1.54, 1.807) is 0 Å². The third kappa shape index (κ3) is 5.03. The quantitative estimate of drug-likeness (QED) is 0.862. The average Bonchev–Trinajstić information content (AvgIpc) is 2.55. The molecule has 2 rings (SSSR count). The number of anilines is 1. The van der Waals surface area contributed by atoms with Gasteiger partial charge in [-0.05, 0) is 33.2 Å². The third-order valence-corrected chi connectivity index (χ3v) is 3.91. The second-order valence-corrected chi connectivity index (χ2v) is 5.91. The topological polar surface area (TPSA) is 48.1 Å². The average molecular weight is 320 g/mol. The second-order valence-electron chi connectivity index (χ2n) is 5.91. The van der Waals surface area contributed by atoms with Crippen LogP contribution in [0.2, 0.25) is 0 Å². The molecular formula is C17H28N4O2. The molecule has 1 aliphatic heterocycles. The van der Waals surface area contributed by atoms with Crippen molar-refractivity contribution in [3.05, 3.63) is 24.3 Å². The fourth-order valence-corrected chi connectivity index (χ4v) is 2.64. The molecule has 6 heteroatoms. The van der Waals surface area contributed by atoms with Crippen molar-refractivity contribution in [2.24, 2.45) is 0 Å². The van der Waals surface area contributed by atoms with Crippen LogP contribution in [-0.2, 0) is 0 Å². The van der Waals surface area contributed by atoms with E-state index in [9.17, 15) is 4.79 Å². The number of rotatable bonds is 6. The molecule has 0 unspecified atom stereocenters. The Morgan fingerprint density at radius 1 is 1.22 bits per heavy atom. The molecule has 0 radical (unpaired) electrons. The highest BCUT2D eigenvalue weighted by molar-refractivity contribution is 5.74. The summed E-state index contributed by atoms with van der Waals surface area (Å²) in [6.07, 6.45) is 0. The van der Waals surface area contributed by atoms with E-state index in [0.717, 1.165) is 44.2 Å². The number of likely N-dealkylation sites (N-methyl/N-ethyl adjacent to an activating group) is 1. The van der Waals surface area contributed by atoms with Crippen LogP contribution in [0, 0.1) is 0 Å². The zero-order valence-electron chi connectivity index (χ0n) is 14.4. The SMILES string of the molecule is CCOc1ccccc1N1CCN(C(=O)NCCN(C)C)CC1. The van der Waals surface area contributed by atoms with Gasteiger partial charge in [-0.3, -0.25) is 0 Å². The van der Waals surface area contributed by atoms with E-state index in [2.05, 4.69) is 21.2 Å². The maximum absolute atomic E-state index is 12.1. The van der Waals surface area contributed by atoms with Crippen molar-refractivity contribution in [3.63, 3.8) is 0 Å². The van der Waals surface area contributed by atoms with Gasteiger partial charge in [0.1, 0.15) is 5.75 Å². The highest BCUT2D eigenvalue weighted by Gasteiger charge is 2.22. The molecule has 1 aromatic rings. The summed E-state index contributed by atoms with van der Waals surface area (Å²) in [6.45, 7) is 7.30. The van der Waals surface area contributed by atoms with Crippen LogP contribution in [0.4, 0.5) is 10.5 Å². The molecule has 0 spiro atoms. The minimum atomic E-state index is 0.0320. The Labute approximate surface area is 139 Å². The van der Waals surface area contributed by atoms with E-state index in [0.29, 0.717) is 13.2 Å². The molecule has 23 heavy (non-hydrogen) atoms. The molecule has 0 saturated carbocycles. The molecule has 1 aromatic carbocycles. The van der Waals surface area contributed by atoms with Crippen LogP contribution >= 0.6 is 0 Å². The highest BCUT2D eigenvalue weighted by Crippen LogP contribution is 2.28. The fraction of sp³-hybridized carbons (Fsp3) is 0.588. The van der Waals surface area contributed by atoms with E-state index in [-0.39, 0.29) is 6.03 Å². The Kier molecular flexibility index (Phi) is 6.52. The van der Waals surface area contributed by atoms with E-state index >= 15 is 0 Å². The van der Waals surface area contributed by atoms with E-state index in [4.69, 9.17) is 4.74 Å². The Morgan fingerprint density at radius 3 is 2.57 bits per heavy atom. The Balaban J connectivity index is 1.85.